The number of hydrogen-bond acceptors (Lipinski definition) is 2. The smallest absolute Gasteiger partial charge is 0.257 e. The average Bonchev–Trinajstić information content (AvgIpc) is 2.86. The molecule has 18 heavy (non-hydrogen) atoms. The molecule has 0 bridgehead atoms. The standard InChI is InChI=1S/C13H15BrClNO2/c1-18-12-6-10(15)2-3-11(12)13(17)16-5-4-9(7-14)8-16/h2-3,6,9H,4-5,7-8H2,1H3. The lowest BCUT2D eigenvalue weighted by Crippen LogP contribution is -2.29. The van der Waals surface area contributed by atoms with Gasteiger partial charge in [0.05, 0.1) is 12.7 Å². The fraction of sp³-hybridized carbons (Fsp3) is 0.462. The third kappa shape index (κ3) is 2.81. The number of halogens is 2. The van der Waals surface area contributed by atoms with Gasteiger partial charge in [-0.15, -0.1) is 0 Å². The Bertz CT molecular complexity index is 453. The van der Waals surface area contributed by atoms with Crippen LogP contribution >= 0.6 is 27.5 Å². The van der Waals surface area contributed by atoms with Crippen LogP contribution in [0.5, 0.6) is 5.75 Å². The summed E-state index contributed by atoms with van der Waals surface area (Å²) in [4.78, 5) is 14.3. The van der Waals surface area contributed by atoms with E-state index in [0.717, 1.165) is 24.8 Å². The van der Waals surface area contributed by atoms with Crippen LogP contribution in [0.4, 0.5) is 0 Å². The maximum atomic E-state index is 12.4. The molecule has 5 heteroatoms. The highest BCUT2D eigenvalue weighted by molar-refractivity contribution is 9.09. The molecule has 0 saturated carbocycles. The Balaban J connectivity index is 2.19. The molecule has 1 heterocycles. The number of alkyl halides is 1. The van der Waals surface area contributed by atoms with Gasteiger partial charge in [0.25, 0.3) is 5.91 Å². The maximum Gasteiger partial charge on any atom is 0.257 e. The number of benzene rings is 1. The van der Waals surface area contributed by atoms with Crippen LogP contribution in [-0.2, 0) is 0 Å². The summed E-state index contributed by atoms with van der Waals surface area (Å²) in [5.41, 5.74) is 0.581. The first-order valence-corrected chi connectivity index (χ1v) is 7.34. The summed E-state index contributed by atoms with van der Waals surface area (Å²) in [5.74, 6) is 1.11. The van der Waals surface area contributed by atoms with Gasteiger partial charge in [-0.3, -0.25) is 4.79 Å². The molecule has 1 aliphatic rings. The van der Waals surface area contributed by atoms with Crippen LogP contribution in [0.1, 0.15) is 16.8 Å². The molecule has 1 aromatic rings. The van der Waals surface area contributed by atoms with E-state index in [1.54, 1.807) is 25.3 Å². The third-order valence-corrected chi connectivity index (χ3v) is 4.34. The van der Waals surface area contributed by atoms with Crippen LogP contribution in [0.25, 0.3) is 0 Å². The van der Waals surface area contributed by atoms with Gasteiger partial charge in [-0.1, -0.05) is 27.5 Å². The monoisotopic (exact) mass is 331 g/mol. The summed E-state index contributed by atoms with van der Waals surface area (Å²) in [7, 11) is 1.55. The van der Waals surface area contributed by atoms with E-state index in [9.17, 15) is 4.79 Å². The van der Waals surface area contributed by atoms with E-state index >= 15 is 0 Å². The van der Waals surface area contributed by atoms with Crippen LogP contribution in [0.3, 0.4) is 0 Å². The molecular formula is C13H15BrClNO2. The number of ether oxygens (including phenoxy) is 1. The summed E-state index contributed by atoms with van der Waals surface area (Å²) in [6.07, 6.45) is 1.05. The number of hydrogen-bond donors (Lipinski definition) is 0. The quantitative estimate of drug-likeness (QED) is 0.796. The SMILES string of the molecule is COc1cc(Cl)ccc1C(=O)N1CCC(CBr)C1. The molecule has 1 saturated heterocycles. The van der Waals surface area contributed by atoms with Crippen LogP contribution in [0.2, 0.25) is 5.02 Å². The molecular weight excluding hydrogens is 318 g/mol. The van der Waals surface area contributed by atoms with E-state index in [-0.39, 0.29) is 5.91 Å². The topological polar surface area (TPSA) is 29.5 Å². The van der Waals surface area contributed by atoms with Crippen LogP contribution in [0, 0.1) is 5.92 Å². The number of amides is 1. The van der Waals surface area contributed by atoms with Crippen molar-refractivity contribution in [2.75, 3.05) is 25.5 Å². The molecule has 0 aromatic heterocycles. The van der Waals surface area contributed by atoms with Crippen molar-refractivity contribution in [1.82, 2.24) is 4.90 Å². The van der Waals surface area contributed by atoms with E-state index in [4.69, 9.17) is 16.3 Å². The number of nitrogens with zero attached hydrogens (tertiary/aromatic N) is 1. The minimum absolute atomic E-state index is 0.0203. The minimum Gasteiger partial charge on any atom is -0.496 e. The van der Waals surface area contributed by atoms with Gasteiger partial charge in [0.15, 0.2) is 0 Å². The van der Waals surface area contributed by atoms with Crippen molar-refractivity contribution >= 4 is 33.4 Å². The first-order chi connectivity index (χ1) is 8.65. The highest BCUT2D eigenvalue weighted by Gasteiger charge is 2.27. The van der Waals surface area contributed by atoms with Crippen LogP contribution in [0.15, 0.2) is 18.2 Å². The Morgan fingerprint density at radius 1 is 1.61 bits per heavy atom. The van der Waals surface area contributed by atoms with E-state index < -0.39 is 0 Å². The van der Waals surface area contributed by atoms with E-state index in [0.29, 0.717) is 22.3 Å². The summed E-state index contributed by atoms with van der Waals surface area (Å²) >= 11 is 9.36. The second kappa shape index (κ2) is 5.93. The van der Waals surface area contributed by atoms with Gasteiger partial charge in [0.1, 0.15) is 5.75 Å². The van der Waals surface area contributed by atoms with Crippen LogP contribution in [-0.4, -0.2) is 36.3 Å². The predicted octanol–water partition coefficient (Wildman–Crippen LogP) is 3.21. The molecule has 98 valence electrons. The van der Waals surface area contributed by atoms with Gasteiger partial charge in [0.2, 0.25) is 0 Å². The lowest BCUT2D eigenvalue weighted by Gasteiger charge is -2.18. The fourth-order valence-corrected chi connectivity index (χ4v) is 2.85. The van der Waals surface area contributed by atoms with Crippen molar-refractivity contribution in [2.45, 2.75) is 6.42 Å². The van der Waals surface area contributed by atoms with Crippen molar-refractivity contribution in [3.05, 3.63) is 28.8 Å². The molecule has 1 atom stereocenters. The lowest BCUT2D eigenvalue weighted by molar-refractivity contribution is 0.0785. The second-order valence-electron chi connectivity index (χ2n) is 4.40. The zero-order valence-electron chi connectivity index (χ0n) is 10.2. The Morgan fingerprint density at radius 2 is 2.39 bits per heavy atom. The summed E-state index contributed by atoms with van der Waals surface area (Å²) in [6, 6.07) is 5.12. The number of likely N-dealkylation sites (tertiary alicyclic amines) is 1. The van der Waals surface area contributed by atoms with Gasteiger partial charge < -0.3 is 9.64 Å². The molecule has 1 fully saturated rings. The second-order valence-corrected chi connectivity index (χ2v) is 5.49. The molecule has 0 radical (unpaired) electrons. The molecule has 1 aliphatic heterocycles. The molecule has 1 amide bonds. The van der Waals surface area contributed by atoms with Crippen molar-refractivity contribution in [1.29, 1.82) is 0 Å². The Hall–Kier alpha value is -0.740. The molecule has 2 rings (SSSR count). The highest BCUT2D eigenvalue weighted by atomic mass is 79.9. The largest absolute Gasteiger partial charge is 0.496 e. The van der Waals surface area contributed by atoms with Crippen molar-refractivity contribution in [3.8, 4) is 5.75 Å². The molecule has 0 N–H and O–H groups in total. The number of carbonyl (C=O) groups excluding carboxylic acids is 1. The van der Waals surface area contributed by atoms with Gasteiger partial charge in [-0.2, -0.15) is 0 Å². The predicted molar refractivity (Wildman–Crippen MR) is 75.8 cm³/mol. The van der Waals surface area contributed by atoms with Crippen molar-refractivity contribution in [3.63, 3.8) is 0 Å². The maximum absolute atomic E-state index is 12.4. The van der Waals surface area contributed by atoms with Crippen molar-refractivity contribution in [2.24, 2.45) is 5.92 Å². The summed E-state index contributed by atoms with van der Waals surface area (Å²) < 4.78 is 5.22. The van der Waals surface area contributed by atoms with E-state index in [2.05, 4.69) is 15.9 Å². The molecule has 0 aliphatic carbocycles. The zero-order valence-corrected chi connectivity index (χ0v) is 12.5. The number of rotatable bonds is 3. The van der Waals surface area contributed by atoms with Gasteiger partial charge >= 0.3 is 0 Å². The third-order valence-electron chi connectivity index (χ3n) is 3.19. The van der Waals surface area contributed by atoms with E-state index in [1.807, 2.05) is 4.90 Å². The zero-order chi connectivity index (χ0) is 13.1. The van der Waals surface area contributed by atoms with Gasteiger partial charge in [0, 0.05) is 23.4 Å². The number of carbonyl (C=O) groups is 1. The molecule has 3 nitrogen and oxygen atoms in total. The molecule has 0 spiro atoms. The Labute approximate surface area is 120 Å². The molecule has 1 aromatic carbocycles. The van der Waals surface area contributed by atoms with Crippen LogP contribution < -0.4 is 4.74 Å². The first-order valence-electron chi connectivity index (χ1n) is 5.84. The van der Waals surface area contributed by atoms with Gasteiger partial charge in [-0.25, -0.2) is 0 Å². The first kappa shape index (κ1) is 13.7. The Morgan fingerprint density at radius 3 is 3.00 bits per heavy atom. The van der Waals surface area contributed by atoms with Crippen molar-refractivity contribution < 1.29 is 9.53 Å². The van der Waals surface area contributed by atoms with Gasteiger partial charge in [-0.05, 0) is 30.5 Å². The molecule has 1 unspecified atom stereocenters. The number of methoxy groups -OCH3 is 1. The Kier molecular flexibility index (Phi) is 4.51. The average molecular weight is 333 g/mol. The summed E-state index contributed by atoms with van der Waals surface area (Å²) in [6.45, 7) is 1.61. The minimum atomic E-state index is 0.0203. The normalized spacial score (nSPS) is 19.1. The van der Waals surface area contributed by atoms with E-state index in [1.165, 1.54) is 0 Å². The fourth-order valence-electron chi connectivity index (χ4n) is 2.16. The highest BCUT2D eigenvalue weighted by Crippen LogP contribution is 2.27. The lowest BCUT2D eigenvalue weighted by atomic mass is 10.1. The summed E-state index contributed by atoms with van der Waals surface area (Å²) in [5, 5.41) is 1.51.